The molecule has 1 amide bonds. The first-order chi connectivity index (χ1) is 12.8. The molecule has 0 spiro atoms. The summed E-state index contributed by atoms with van der Waals surface area (Å²) >= 11 is 5.79. The molecular weight excluding hydrogens is 386 g/mol. The number of benzene rings is 3. The summed E-state index contributed by atoms with van der Waals surface area (Å²) in [5, 5.41) is 1.85. The fourth-order valence-electron chi connectivity index (χ4n) is 2.73. The number of hydrogen-bond donors (Lipinski definition) is 2. The smallest absolute Gasteiger partial charge is 0.266 e. The van der Waals surface area contributed by atoms with Crippen LogP contribution in [-0.2, 0) is 10.0 Å². The van der Waals surface area contributed by atoms with Crippen LogP contribution in [0.2, 0.25) is 5.02 Å². The summed E-state index contributed by atoms with van der Waals surface area (Å²) in [7, 11) is -0.188. The molecule has 0 radical (unpaired) electrons. The molecule has 0 aliphatic rings. The summed E-state index contributed by atoms with van der Waals surface area (Å²) in [6.07, 6.45) is 0. The molecule has 6 nitrogen and oxygen atoms in total. The Morgan fingerprint density at radius 2 is 1.56 bits per heavy atom. The van der Waals surface area contributed by atoms with Gasteiger partial charge in [0.15, 0.2) is 0 Å². The summed E-state index contributed by atoms with van der Waals surface area (Å²) < 4.78 is 25.5. The molecule has 0 saturated heterocycles. The lowest BCUT2D eigenvalue weighted by molar-refractivity contribution is 0.0945. The molecule has 0 bridgehead atoms. The maximum Gasteiger partial charge on any atom is 0.266 e. The van der Waals surface area contributed by atoms with Crippen LogP contribution in [0, 0.1) is 0 Å². The number of carbonyl (C=O) groups excluding carboxylic acids is 1. The Balaban J connectivity index is 1.90. The lowest BCUT2D eigenvalue weighted by Crippen LogP contribution is -2.41. The van der Waals surface area contributed by atoms with E-state index in [4.69, 9.17) is 11.6 Å². The first-order valence-electron chi connectivity index (χ1n) is 8.06. The van der Waals surface area contributed by atoms with Crippen molar-refractivity contribution in [2.24, 2.45) is 0 Å². The van der Waals surface area contributed by atoms with Gasteiger partial charge >= 0.3 is 0 Å². The second-order valence-corrected chi connectivity index (χ2v) is 8.18. The molecule has 0 aliphatic carbocycles. The second-order valence-electron chi connectivity index (χ2n) is 6.09. The zero-order valence-electron chi connectivity index (χ0n) is 14.7. The van der Waals surface area contributed by atoms with E-state index in [1.807, 2.05) is 31.1 Å². The highest BCUT2D eigenvalue weighted by atomic mass is 35.5. The summed E-state index contributed by atoms with van der Waals surface area (Å²) in [6.45, 7) is 0. The maximum atomic E-state index is 12.8. The Morgan fingerprint density at radius 1 is 0.926 bits per heavy atom. The van der Waals surface area contributed by atoms with Crippen molar-refractivity contribution in [1.82, 2.24) is 10.3 Å². The number of nitrogens with one attached hydrogen (secondary N) is 2. The second kappa shape index (κ2) is 7.56. The normalized spacial score (nSPS) is 11.4. The Bertz CT molecular complexity index is 1100. The number of nitrogens with zero attached hydrogens (tertiary/aromatic N) is 1. The summed E-state index contributed by atoms with van der Waals surface area (Å²) in [6, 6.07) is 16.6. The predicted molar refractivity (Wildman–Crippen MR) is 108 cm³/mol. The van der Waals surface area contributed by atoms with Gasteiger partial charge in [-0.15, -0.1) is 4.83 Å². The van der Waals surface area contributed by atoms with Gasteiger partial charge in [-0.1, -0.05) is 35.9 Å². The molecule has 3 aromatic carbocycles. The van der Waals surface area contributed by atoms with Gasteiger partial charge in [-0.2, -0.15) is 0 Å². The number of amides is 1. The van der Waals surface area contributed by atoms with E-state index in [0.29, 0.717) is 10.4 Å². The van der Waals surface area contributed by atoms with Crippen LogP contribution in [0.3, 0.4) is 0 Å². The average Bonchev–Trinajstić information content (AvgIpc) is 2.65. The van der Waals surface area contributed by atoms with Crippen LogP contribution >= 0.6 is 11.6 Å². The largest absolute Gasteiger partial charge is 0.377 e. The van der Waals surface area contributed by atoms with E-state index in [2.05, 4.69) is 10.3 Å². The molecule has 0 unspecified atom stereocenters. The number of fused-ring (bicyclic) bond motifs is 1. The number of sulfonamides is 1. The Kier molecular flexibility index (Phi) is 5.36. The number of carbonyl (C=O) groups is 1. The van der Waals surface area contributed by atoms with Gasteiger partial charge in [0.05, 0.1) is 4.90 Å². The number of halogens is 1. The van der Waals surface area contributed by atoms with Gasteiger partial charge in [-0.05, 0) is 36.4 Å². The van der Waals surface area contributed by atoms with Crippen LogP contribution in [0.5, 0.6) is 0 Å². The van der Waals surface area contributed by atoms with Crippen molar-refractivity contribution < 1.29 is 13.2 Å². The van der Waals surface area contributed by atoms with Crippen molar-refractivity contribution in [2.75, 3.05) is 19.0 Å². The minimum atomic E-state index is -3.97. The van der Waals surface area contributed by atoms with Crippen LogP contribution in [0.25, 0.3) is 10.8 Å². The van der Waals surface area contributed by atoms with E-state index in [-0.39, 0.29) is 10.5 Å². The lowest BCUT2D eigenvalue weighted by Gasteiger charge is -2.17. The summed E-state index contributed by atoms with van der Waals surface area (Å²) in [4.78, 5) is 16.3. The first kappa shape index (κ1) is 19.2. The van der Waals surface area contributed by atoms with Gasteiger partial charge in [-0.3, -0.25) is 10.2 Å². The molecule has 0 aliphatic heterocycles. The molecule has 3 rings (SSSR count). The zero-order valence-corrected chi connectivity index (χ0v) is 16.3. The van der Waals surface area contributed by atoms with E-state index < -0.39 is 15.9 Å². The van der Waals surface area contributed by atoms with Gasteiger partial charge in [0.1, 0.15) is 0 Å². The van der Waals surface area contributed by atoms with Gasteiger partial charge in [0.2, 0.25) is 0 Å². The Morgan fingerprint density at radius 3 is 2.22 bits per heavy atom. The number of hydrogen-bond acceptors (Lipinski definition) is 4. The van der Waals surface area contributed by atoms with Crippen LogP contribution in [0.15, 0.2) is 65.6 Å². The van der Waals surface area contributed by atoms with E-state index in [0.717, 1.165) is 11.1 Å². The van der Waals surface area contributed by atoms with Crippen LogP contribution in [0.4, 0.5) is 5.69 Å². The molecule has 0 atom stereocenters. The van der Waals surface area contributed by atoms with Crippen LogP contribution < -0.4 is 15.2 Å². The highest BCUT2D eigenvalue weighted by molar-refractivity contribution is 7.89. The van der Waals surface area contributed by atoms with Gasteiger partial charge < -0.3 is 4.90 Å². The predicted octanol–water partition coefficient (Wildman–Crippen LogP) is 3.18. The topological polar surface area (TPSA) is 78.5 Å². The fourth-order valence-corrected chi connectivity index (χ4v) is 3.92. The first-order valence-corrected chi connectivity index (χ1v) is 9.92. The number of rotatable bonds is 5. The highest BCUT2D eigenvalue weighted by Gasteiger charge is 2.19. The van der Waals surface area contributed by atoms with Gasteiger partial charge in [-0.25, -0.2) is 8.42 Å². The van der Waals surface area contributed by atoms with E-state index in [1.54, 1.807) is 30.3 Å². The van der Waals surface area contributed by atoms with E-state index in [1.165, 1.54) is 18.2 Å². The molecule has 27 heavy (non-hydrogen) atoms. The third kappa shape index (κ3) is 4.05. The highest BCUT2D eigenvalue weighted by Crippen LogP contribution is 2.29. The molecule has 3 aromatic rings. The third-order valence-electron chi connectivity index (χ3n) is 4.04. The minimum absolute atomic E-state index is 0.0834. The quantitative estimate of drug-likeness (QED) is 0.641. The van der Waals surface area contributed by atoms with Crippen molar-refractivity contribution >= 4 is 44.0 Å². The van der Waals surface area contributed by atoms with Crippen LogP contribution in [0.1, 0.15) is 10.4 Å². The van der Waals surface area contributed by atoms with E-state index in [9.17, 15) is 13.2 Å². The zero-order chi connectivity index (χ0) is 19.6. The Hall–Kier alpha value is -2.61. The molecule has 2 N–H and O–H groups in total. The third-order valence-corrected chi connectivity index (χ3v) is 5.59. The van der Waals surface area contributed by atoms with Gasteiger partial charge in [0.25, 0.3) is 15.9 Å². The SMILES string of the molecule is CN(C)c1cccc2c(S(=O)(=O)NNC(=O)c3ccc(Cl)cc3)cccc12. The molecule has 0 saturated carbocycles. The molecule has 140 valence electrons. The van der Waals surface area contributed by atoms with Crippen molar-refractivity contribution in [3.8, 4) is 0 Å². The lowest BCUT2D eigenvalue weighted by atomic mass is 10.1. The van der Waals surface area contributed by atoms with Gasteiger partial charge in [0, 0.05) is 41.1 Å². The molecule has 0 heterocycles. The average molecular weight is 404 g/mol. The van der Waals surface area contributed by atoms with Crippen molar-refractivity contribution in [3.05, 3.63) is 71.2 Å². The van der Waals surface area contributed by atoms with Crippen molar-refractivity contribution in [2.45, 2.75) is 4.90 Å². The molecule has 0 fully saturated rings. The van der Waals surface area contributed by atoms with E-state index >= 15 is 0 Å². The minimum Gasteiger partial charge on any atom is -0.377 e. The summed E-state index contributed by atoms with van der Waals surface area (Å²) in [5.41, 5.74) is 3.41. The van der Waals surface area contributed by atoms with Crippen molar-refractivity contribution in [3.63, 3.8) is 0 Å². The van der Waals surface area contributed by atoms with Crippen molar-refractivity contribution in [1.29, 1.82) is 0 Å². The Labute approximate surface area is 162 Å². The number of hydrazine groups is 1. The summed E-state index contributed by atoms with van der Waals surface area (Å²) in [5.74, 6) is -0.579. The van der Waals surface area contributed by atoms with Crippen LogP contribution in [-0.4, -0.2) is 28.4 Å². The maximum absolute atomic E-state index is 12.8. The molecular formula is C19H18ClN3O3S. The monoisotopic (exact) mass is 403 g/mol. The standard InChI is InChI=1S/C19H18ClN3O3S/c1-23(2)17-7-3-6-16-15(17)5-4-8-18(16)27(25,26)22-21-19(24)13-9-11-14(20)12-10-13/h3-12,22H,1-2H3,(H,21,24). The fraction of sp³-hybridized carbons (Fsp3) is 0.105. The molecule has 8 heteroatoms. The molecule has 0 aromatic heterocycles. The number of anilines is 1.